The van der Waals surface area contributed by atoms with Crippen molar-refractivity contribution in [2.45, 2.75) is 52.5 Å². The van der Waals surface area contributed by atoms with Gasteiger partial charge in [0.2, 0.25) is 5.91 Å². The molecule has 0 heterocycles. The predicted octanol–water partition coefficient (Wildman–Crippen LogP) is 4.16. The number of amides is 1. The van der Waals surface area contributed by atoms with Crippen molar-refractivity contribution in [3.05, 3.63) is 27.7 Å². The van der Waals surface area contributed by atoms with Gasteiger partial charge in [0.25, 0.3) is 0 Å². The quantitative estimate of drug-likeness (QED) is 0.596. The minimum atomic E-state index is -0.384. The number of hydrogen-bond donors (Lipinski definition) is 1. The number of ether oxygens (including phenoxy) is 1. The van der Waals surface area contributed by atoms with Gasteiger partial charge in [-0.15, -0.1) is 0 Å². The van der Waals surface area contributed by atoms with E-state index in [4.69, 9.17) is 27.9 Å². The van der Waals surface area contributed by atoms with Crippen molar-refractivity contribution in [3.63, 3.8) is 0 Å². The smallest absolute Gasteiger partial charge is 0.311 e. The van der Waals surface area contributed by atoms with Gasteiger partial charge in [0.1, 0.15) is 5.75 Å². The number of rotatable bonds is 7. The Kier molecular flexibility index (Phi) is 7.69. The Morgan fingerprint density at radius 2 is 1.82 bits per heavy atom. The Morgan fingerprint density at radius 3 is 2.41 bits per heavy atom. The molecule has 0 spiro atoms. The fourth-order valence-corrected chi connectivity index (χ4v) is 2.24. The third kappa shape index (κ3) is 6.24. The summed E-state index contributed by atoms with van der Waals surface area (Å²) in [4.78, 5) is 23.3. The highest BCUT2D eigenvalue weighted by Crippen LogP contribution is 2.31. The van der Waals surface area contributed by atoms with E-state index < -0.39 is 0 Å². The van der Waals surface area contributed by atoms with E-state index in [0.717, 1.165) is 5.56 Å². The number of carbonyl (C=O) groups is 2. The maximum absolute atomic E-state index is 11.9. The zero-order valence-electron chi connectivity index (χ0n) is 13.0. The molecule has 4 nitrogen and oxygen atoms in total. The van der Waals surface area contributed by atoms with Crippen LogP contribution in [0.15, 0.2) is 12.1 Å². The molecule has 1 amide bonds. The third-order valence-electron chi connectivity index (χ3n) is 2.94. The van der Waals surface area contributed by atoms with Gasteiger partial charge < -0.3 is 10.1 Å². The first kappa shape index (κ1) is 18.8. The predicted molar refractivity (Wildman–Crippen MR) is 88.6 cm³/mol. The van der Waals surface area contributed by atoms with E-state index in [1.165, 1.54) is 0 Å². The molecule has 1 aromatic rings. The number of halogens is 2. The zero-order chi connectivity index (χ0) is 16.7. The standard InChI is InChI=1S/C16H21Cl2NO3/c1-4-11-8-12(17)13(18)9-14(11)22-16(21)7-5-6-15(20)19-10(2)3/h8-10H,4-7H2,1-3H3,(H,19,20). The fraction of sp³-hybridized carbons (Fsp3) is 0.500. The molecule has 6 heteroatoms. The Balaban J connectivity index is 2.52. The monoisotopic (exact) mass is 345 g/mol. The summed E-state index contributed by atoms with van der Waals surface area (Å²) < 4.78 is 5.32. The maximum atomic E-state index is 11.9. The van der Waals surface area contributed by atoms with Gasteiger partial charge in [-0.25, -0.2) is 0 Å². The first-order valence-electron chi connectivity index (χ1n) is 7.31. The average Bonchev–Trinajstić information content (AvgIpc) is 2.41. The van der Waals surface area contributed by atoms with Crippen LogP contribution in [0.3, 0.4) is 0 Å². The van der Waals surface area contributed by atoms with Crippen molar-refractivity contribution in [3.8, 4) is 5.75 Å². The first-order valence-corrected chi connectivity index (χ1v) is 8.07. The van der Waals surface area contributed by atoms with Crippen LogP contribution in [-0.2, 0) is 16.0 Å². The molecular weight excluding hydrogens is 325 g/mol. The Morgan fingerprint density at radius 1 is 1.18 bits per heavy atom. The summed E-state index contributed by atoms with van der Waals surface area (Å²) in [7, 11) is 0. The molecule has 1 N–H and O–H groups in total. The number of nitrogens with one attached hydrogen (secondary N) is 1. The Bertz CT molecular complexity index is 544. The fourth-order valence-electron chi connectivity index (χ4n) is 1.90. The highest BCUT2D eigenvalue weighted by Gasteiger charge is 2.12. The molecule has 22 heavy (non-hydrogen) atoms. The lowest BCUT2D eigenvalue weighted by molar-refractivity contribution is -0.134. The molecule has 0 radical (unpaired) electrons. The third-order valence-corrected chi connectivity index (χ3v) is 3.66. The summed E-state index contributed by atoms with van der Waals surface area (Å²) in [6.45, 7) is 5.72. The van der Waals surface area contributed by atoms with Gasteiger partial charge >= 0.3 is 5.97 Å². The van der Waals surface area contributed by atoms with E-state index in [9.17, 15) is 9.59 Å². The van der Waals surface area contributed by atoms with Crippen LogP contribution in [0.4, 0.5) is 0 Å². The lowest BCUT2D eigenvalue weighted by atomic mass is 10.1. The molecule has 1 aromatic carbocycles. The summed E-state index contributed by atoms with van der Waals surface area (Å²) in [5, 5.41) is 3.55. The molecule has 0 aromatic heterocycles. The van der Waals surface area contributed by atoms with Gasteiger partial charge in [-0.1, -0.05) is 30.1 Å². The van der Waals surface area contributed by atoms with Crippen LogP contribution in [0.25, 0.3) is 0 Å². The molecule has 1 rings (SSSR count). The molecule has 0 atom stereocenters. The van der Waals surface area contributed by atoms with E-state index >= 15 is 0 Å². The number of aryl methyl sites for hydroxylation is 1. The van der Waals surface area contributed by atoms with Crippen molar-refractivity contribution in [1.29, 1.82) is 0 Å². The zero-order valence-corrected chi connectivity index (χ0v) is 14.6. The highest BCUT2D eigenvalue weighted by atomic mass is 35.5. The normalized spacial score (nSPS) is 10.6. The van der Waals surface area contributed by atoms with Crippen molar-refractivity contribution in [2.24, 2.45) is 0 Å². The van der Waals surface area contributed by atoms with E-state index in [2.05, 4.69) is 5.32 Å². The molecule has 0 saturated heterocycles. The summed E-state index contributed by atoms with van der Waals surface area (Å²) >= 11 is 11.9. The van der Waals surface area contributed by atoms with E-state index in [1.54, 1.807) is 12.1 Å². The molecule has 0 aliphatic heterocycles. The van der Waals surface area contributed by atoms with E-state index in [0.29, 0.717) is 35.1 Å². The summed E-state index contributed by atoms with van der Waals surface area (Å²) in [5.41, 5.74) is 0.820. The maximum Gasteiger partial charge on any atom is 0.311 e. The largest absolute Gasteiger partial charge is 0.426 e. The van der Waals surface area contributed by atoms with Gasteiger partial charge in [0, 0.05) is 24.9 Å². The SMILES string of the molecule is CCc1cc(Cl)c(Cl)cc1OC(=O)CCCC(=O)NC(C)C. The van der Waals surface area contributed by atoms with Crippen molar-refractivity contribution in [2.75, 3.05) is 0 Å². The molecule has 0 aliphatic rings. The number of carbonyl (C=O) groups excluding carboxylic acids is 2. The molecule has 0 unspecified atom stereocenters. The second-order valence-corrected chi connectivity index (χ2v) is 6.09. The van der Waals surface area contributed by atoms with Crippen LogP contribution in [0, 0.1) is 0 Å². The van der Waals surface area contributed by atoms with Crippen molar-refractivity contribution in [1.82, 2.24) is 5.32 Å². The van der Waals surface area contributed by atoms with Gasteiger partial charge in [-0.3, -0.25) is 9.59 Å². The summed E-state index contributed by atoms with van der Waals surface area (Å²) in [5.74, 6) is -0.0226. The van der Waals surface area contributed by atoms with Crippen LogP contribution < -0.4 is 10.1 Å². The van der Waals surface area contributed by atoms with Gasteiger partial charge in [-0.2, -0.15) is 0 Å². The average molecular weight is 346 g/mol. The highest BCUT2D eigenvalue weighted by molar-refractivity contribution is 6.42. The second kappa shape index (κ2) is 9.01. The van der Waals surface area contributed by atoms with E-state index in [-0.39, 0.29) is 24.3 Å². The van der Waals surface area contributed by atoms with Gasteiger partial charge in [0.15, 0.2) is 0 Å². The van der Waals surface area contributed by atoms with Crippen molar-refractivity contribution >= 4 is 35.1 Å². The first-order chi connectivity index (χ1) is 10.3. The molecule has 0 aliphatic carbocycles. The topological polar surface area (TPSA) is 55.4 Å². The van der Waals surface area contributed by atoms with Crippen LogP contribution in [-0.4, -0.2) is 17.9 Å². The van der Waals surface area contributed by atoms with E-state index in [1.807, 2.05) is 20.8 Å². The van der Waals surface area contributed by atoms with Gasteiger partial charge in [-0.05, 0) is 38.3 Å². The summed E-state index contributed by atoms with van der Waals surface area (Å²) in [6, 6.07) is 3.34. The Hall–Kier alpha value is -1.26. The molecule has 122 valence electrons. The number of benzene rings is 1. The minimum absolute atomic E-state index is 0.0633. The van der Waals surface area contributed by atoms with Crippen molar-refractivity contribution < 1.29 is 14.3 Å². The van der Waals surface area contributed by atoms with Crippen LogP contribution in [0.2, 0.25) is 10.0 Å². The lowest BCUT2D eigenvalue weighted by Crippen LogP contribution is -2.29. The molecule has 0 fully saturated rings. The summed E-state index contributed by atoms with van der Waals surface area (Å²) in [6.07, 6.45) is 1.60. The Labute approximate surface area is 141 Å². The minimum Gasteiger partial charge on any atom is -0.426 e. The second-order valence-electron chi connectivity index (χ2n) is 5.28. The molecule has 0 saturated carbocycles. The van der Waals surface area contributed by atoms with Crippen LogP contribution in [0.1, 0.15) is 45.6 Å². The number of hydrogen-bond acceptors (Lipinski definition) is 3. The lowest BCUT2D eigenvalue weighted by Gasteiger charge is -2.11. The van der Waals surface area contributed by atoms with Crippen LogP contribution >= 0.6 is 23.2 Å². The number of esters is 1. The van der Waals surface area contributed by atoms with Crippen LogP contribution in [0.5, 0.6) is 5.75 Å². The molecule has 0 bridgehead atoms. The molecular formula is C16H21Cl2NO3. The van der Waals surface area contributed by atoms with Gasteiger partial charge in [0.05, 0.1) is 10.0 Å².